The Labute approximate surface area is 94.3 Å². The Morgan fingerprint density at radius 2 is 1.80 bits per heavy atom. The summed E-state index contributed by atoms with van der Waals surface area (Å²) in [4.78, 5) is 0. The van der Waals surface area contributed by atoms with Gasteiger partial charge >= 0.3 is 0 Å². The first-order valence-corrected chi connectivity index (χ1v) is 6.24. The summed E-state index contributed by atoms with van der Waals surface area (Å²) in [5, 5.41) is 0. The maximum absolute atomic E-state index is 5.99. The maximum atomic E-state index is 5.99. The van der Waals surface area contributed by atoms with Gasteiger partial charge in [0, 0.05) is 13.7 Å². The van der Waals surface area contributed by atoms with Crippen LogP contribution in [-0.2, 0) is 9.47 Å². The van der Waals surface area contributed by atoms with E-state index in [9.17, 15) is 0 Å². The molecule has 0 aromatic carbocycles. The molecule has 2 heteroatoms. The molecule has 0 spiro atoms. The minimum Gasteiger partial charge on any atom is -0.385 e. The largest absolute Gasteiger partial charge is 0.385 e. The molecular formula is C13H26O2. The van der Waals surface area contributed by atoms with Gasteiger partial charge in [-0.25, -0.2) is 0 Å². The van der Waals surface area contributed by atoms with Crippen molar-refractivity contribution in [2.75, 3.05) is 20.3 Å². The van der Waals surface area contributed by atoms with Crippen molar-refractivity contribution in [1.29, 1.82) is 0 Å². The molecule has 0 aromatic heterocycles. The summed E-state index contributed by atoms with van der Waals surface area (Å²) < 4.78 is 11.1. The smallest absolute Gasteiger partial charge is 0.0575 e. The van der Waals surface area contributed by atoms with Crippen LogP contribution in [0, 0.1) is 5.41 Å². The number of hydrogen-bond donors (Lipinski definition) is 0. The number of rotatable bonds is 6. The minimum atomic E-state index is 0.257. The third-order valence-electron chi connectivity index (χ3n) is 3.24. The molecule has 1 aliphatic carbocycles. The van der Waals surface area contributed by atoms with E-state index in [-0.39, 0.29) is 5.41 Å². The van der Waals surface area contributed by atoms with Gasteiger partial charge in [-0.05, 0) is 24.7 Å². The summed E-state index contributed by atoms with van der Waals surface area (Å²) in [5.74, 6) is 0. The van der Waals surface area contributed by atoms with Gasteiger partial charge in [-0.2, -0.15) is 0 Å². The molecule has 0 N–H and O–H groups in total. The van der Waals surface area contributed by atoms with Gasteiger partial charge in [0.25, 0.3) is 0 Å². The van der Waals surface area contributed by atoms with Gasteiger partial charge in [-0.15, -0.1) is 0 Å². The lowest BCUT2D eigenvalue weighted by Crippen LogP contribution is -2.26. The third kappa shape index (κ3) is 5.53. The molecule has 1 saturated carbocycles. The molecule has 0 saturated heterocycles. The molecule has 0 atom stereocenters. The standard InChI is InChI=1S/C13H26O2/c1-13(2,9-10-14-3)11-15-12-7-5-4-6-8-12/h12H,4-11H2,1-3H3. The van der Waals surface area contributed by atoms with Crippen molar-refractivity contribution in [2.45, 2.75) is 58.5 Å². The van der Waals surface area contributed by atoms with E-state index in [0.717, 1.165) is 19.6 Å². The summed E-state index contributed by atoms with van der Waals surface area (Å²) in [5.41, 5.74) is 0.257. The Kier molecular flexibility index (Phi) is 5.62. The zero-order valence-corrected chi connectivity index (χ0v) is 10.6. The van der Waals surface area contributed by atoms with Crippen LogP contribution in [0.4, 0.5) is 0 Å². The fourth-order valence-corrected chi connectivity index (χ4v) is 2.03. The molecule has 1 rings (SSSR count). The van der Waals surface area contributed by atoms with Crippen LogP contribution in [0.2, 0.25) is 0 Å². The van der Waals surface area contributed by atoms with Gasteiger partial charge in [0.1, 0.15) is 0 Å². The Morgan fingerprint density at radius 1 is 1.13 bits per heavy atom. The van der Waals surface area contributed by atoms with Crippen molar-refractivity contribution in [3.63, 3.8) is 0 Å². The zero-order valence-electron chi connectivity index (χ0n) is 10.6. The lowest BCUT2D eigenvalue weighted by Gasteiger charge is -2.29. The van der Waals surface area contributed by atoms with Gasteiger partial charge in [0.2, 0.25) is 0 Å². The second-order valence-corrected chi connectivity index (χ2v) is 5.48. The average molecular weight is 214 g/mol. The van der Waals surface area contributed by atoms with Crippen LogP contribution < -0.4 is 0 Å². The zero-order chi connectivity index (χ0) is 11.1. The van der Waals surface area contributed by atoms with Crippen molar-refractivity contribution in [2.24, 2.45) is 5.41 Å². The number of hydrogen-bond acceptors (Lipinski definition) is 2. The highest BCUT2D eigenvalue weighted by Crippen LogP contribution is 2.25. The first-order chi connectivity index (χ1) is 7.14. The maximum Gasteiger partial charge on any atom is 0.0575 e. The van der Waals surface area contributed by atoms with Crippen LogP contribution >= 0.6 is 0 Å². The lowest BCUT2D eigenvalue weighted by atomic mass is 9.90. The lowest BCUT2D eigenvalue weighted by molar-refractivity contribution is -0.0230. The Hall–Kier alpha value is -0.0800. The SMILES string of the molecule is COCCC(C)(C)COC1CCCCC1. The van der Waals surface area contributed by atoms with Gasteiger partial charge < -0.3 is 9.47 Å². The summed E-state index contributed by atoms with van der Waals surface area (Å²) in [6.45, 7) is 6.23. The fourth-order valence-electron chi connectivity index (χ4n) is 2.03. The van der Waals surface area contributed by atoms with E-state index < -0.39 is 0 Å². The van der Waals surface area contributed by atoms with Crippen LogP contribution in [0.1, 0.15) is 52.4 Å². The van der Waals surface area contributed by atoms with Crippen LogP contribution in [-0.4, -0.2) is 26.4 Å². The topological polar surface area (TPSA) is 18.5 Å². The van der Waals surface area contributed by atoms with E-state index in [1.165, 1.54) is 32.1 Å². The van der Waals surface area contributed by atoms with Gasteiger partial charge in [0.05, 0.1) is 12.7 Å². The van der Waals surface area contributed by atoms with Crippen molar-refractivity contribution >= 4 is 0 Å². The molecule has 2 nitrogen and oxygen atoms in total. The van der Waals surface area contributed by atoms with Gasteiger partial charge in [0.15, 0.2) is 0 Å². The molecule has 0 aromatic rings. The van der Waals surface area contributed by atoms with Crippen molar-refractivity contribution in [3.8, 4) is 0 Å². The van der Waals surface area contributed by atoms with Crippen LogP contribution in [0.25, 0.3) is 0 Å². The molecule has 0 aliphatic heterocycles. The number of ether oxygens (including phenoxy) is 2. The van der Waals surface area contributed by atoms with Gasteiger partial charge in [-0.1, -0.05) is 33.1 Å². The highest BCUT2D eigenvalue weighted by Gasteiger charge is 2.21. The summed E-state index contributed by atoms with van der Waals surface area (Å²) in [6.07, 6.45) is 8.23. The highest BCUT2D eigenvalue weighted by molar-refractivity contribution is 4.71. The Bertz CT molecular complexity index is 160. The van der Waals surface area contributed by atoms with Crippen molar-refractivity contribution in [3.05, 3.63) is 0 Å². The predicted molar refractivity (Wildman–Crippen MR) is 63.1 cm³/mol. The summed E-state index contributed by atoms with van der Waals surface area (Å²) in [7, 11) is 1.76. The van der Waals surface area contributed by atoms with Crippen LogP contribution in [0.15, 0.2) is 0 Å². The Morgan fingerprint density at radius 3 is 2.40 bits per heavy atom. The monoisotopic (exact) mass is 214 g/mol. The normalized spacial score (nSPS) is 19.4. The van der Waals surface area contributed by atoms with Crippen molar-refractivity contribution in [1.82, 2.24) is 0 Å². The van der Waals surface area contributed by atoms with Crippen LogP contribution in [0.5, 0.6) is 0 Å². The minimum absolute atomic E-state index is 0.257. The Balaban J connectivity index is 2.15. The molecular weight excluding hydrogens is 188 g/mol. The van der Waals surface area contributed by atoms with Gasteiger partial charge in [-0.3, -0.25) is 0 Å². The average Bonchev–Trinajstić information content (AvgIpc) is 2.25. The molecule has 0 radical (unpaired) electrons. The van der Waals surface area contributed by atoms with E-state index in [1.54, 1.807) is 7.11 Å². The van der Waals surface area contributed by atoms with Crippen LogP contribution in [0.3, 0.4) is 0 Å². The van der Waals surface area contributed by atoms with E-state index in [4.69, 9.17) is 9.47 Å². The molecule has 0 unspecified atom stereocenters. The first-order valence-electron chi connectivity index (χ1n) is 6.24. The molecule has 0 amide bonds. The summed E-state index contributed by atoms with van der Waals surface area (Å²) >= 11 is 0. The van der Waals surface area contributed by atoms with E-state index in [0.29, 0.717) is 6.10 Å². The highest BCUT2D eigenvalue weighted by atomic mass is 16.5. The molecule has 90 valence electrons. The molecule has 1 aliphatic rings. The van der Waals surface area contributed by atoms with E-state index in [1.807, 2.05) is 0 Å². The number of methoxy groups -OCH3 is 1. The molecule has 15 heavy (non-hydrogen) atoms. The second-order valence-electron chi connectivity index (χ2n) is 5.48. The molecule has 1 fully saturated rings. The summed E-state index contributed by atoms with van der Waals surface area (Å²) in [6, 6.07) is 0. The third-order valence-corrected chi connectivity index (χ3v) is 3.24. The first kappa shape index (κ1) is 13.0. The quantitative estimate of drug-likeness (QED) is 0.674. The molecule has 0 heterocycles. The molecule has 0 bridgehead atoms. The van der Waals surface area contributed by atoms with E-state index in [2.05, 4.69) is 13.8 Å². The second kappa shape index (κ2) is 6.49. The van der Waals surface area contributed by atoms with Crippen molar-refractivity contribution < 1.29 is 9.47 Å². The fraction of sp³-hybridized carbons (Fsp3) is 1.00. The van der Waals surface area contributed by atoms with E-state index >= 15 is 0 Å². The predicted octanol–water partition coefficient (Wildman–Crippen LogP) is 3.40.